The number of aromatic nitrogens is 2. The average Bonchev–Trinajstić information content (AvgIpc) is 2.55. The normalized spacial score (nSPS) is 12.5. The van der Waals surface area contributed by atoms with E-state index in [-0.39, 0.29) is 18.3 Å². The Morgan fingerprint density at radius 3 is 2.80 bits per heavy atom. The summed E-state index contributed by atoms with van der Waals surface area (Å²) in [5.74, 6) is -0.314. The molecule has 0 bridgehead atoms. The third-order valence-electron chi connectivity index (χ3n) is 2.48. The molecule has 5 heteroatoms. The molecule has 1 atom stereocenters. The Morgan fingerprint density at radius 2 is 2.40 bits per heavy atom. The fourth-order valence-corrected chi connectivity index (χ4v) is 1.38. The number of rotatable bonds is 4. The van der Waals surface area contributed by atoms with Gasteiger partial charge in [0, 0.05) is 25.2 Å². The summed E-state index contributed by atoms with van der Waals surface area (Å²) in [5, 5.41) is 4.30. The van der Waals surface area contributed by atoms with Crippen LogP contribution in [0.5, 0.6) is 0 Å². The summed E-state index contributed by atoms with van der Waals surface area (Å²) >= 11 is 0. The fourth-order valence-electron chi connectivity index (χ4n) is 1.38. The van der Waals surface area contributed by atoms with Gasteiger partial charge in [0.15, 0.2) is 0 Å². The molecule has 0 spiro atoms. The van der Waals surface area contributed by atoms with Crippen molar-refractivity contribution in [2.45, 2.75) is 19.3 Å². The lowest BCUT2D eigenvalue weighted by atomic mass is 10.0. The summed E-state index contributed by atoms with van der Waals surface area (Å²) in [5.41, 5.74) is 7.51. The van der Waals surface area contributed by atoms with Gasteiger partial charge < -0.3 is 10.5 Å². The van der Waals surface area contributed by atoms with Gasteiger partial charge in [-0.1, -0.05) is 0 Å². The highest BCUT2D eigenvalue weighted by molar-refractivity contribution is 5.70. The van der Waals surface area contributed by atoms with E-state index in [1.807, 2.05) is 20.0 Å². The van der Waals surface area contributed by atoms with Crippen LogP contribution in [0.3, 0.4) is 0 Å². The Labute approximate surface area is 89.2 Å². The van der Waals surface area contributed by atoms with Crippen molar-refractivity contribution < 1.29 is 9.53 Å². The molecule has 0 radical (unpaired) electrons. The first-order valence-corrected chi connectivity index (χ1v) is 4.86. The number of esters is 1. The van der Waals surface area contributed by atoms with Crippen LogP contribution in [0.4, 0.5) is 0 Å². The van der Waals surface area contributed by atoms with Crippen molar-refractivity contribution in [1.82, 2.24) is 9.78 Å². The van der Waals surface area contributed by atoms with Gasteiger partial charge in [0.1, 0.15) is 0 Å². The Hall–Kier alpha value is -1.36. The minimum absolute atomic E-state index is 0.0580. The predicted octanol–water partition coefficient (Wildman–Crippen LogP) is 0.334. The Kier molecular flexibility index (Phi) is 3.85. The Morgan fingerprint density at radius 1 is 1.73 bits per heavy atom. The molecule has 0 fully saturated rings. The van der Waals surface area contributed by atoms with Crippen molar-refractivity contribution in [1.29, 1.82) is 0 Å². The maximum Gasteiger partial charge on any atom is 0.306 e. The fraction of sp³-hybridized carbons (Fsp3) is 0.600. The van der Waals surface area contributed by atoms with Gasteiger partial charge in [-0.15, -0.1) is 0 Å². The number of carbonyl (C=O) groups excluding carboxylic acids is 1. The summed E-state index contributed by atoms with van der Waals surface area (Å²) in [6.45, 7) is 2.35. The highest BCUT2D eigenvalue weighted by Gasteiger charge is 2.18. The van der Waals surface area contributed by atoms with Gasteiger partial charge in [0.25, 0.3) is 0 Å². The van der Waals surface area contributed by atoms with Crippen LogP contribution in [-0.2, 0) is 16.6 Å². The maximum atomic E-state index is 11.1. The number of hydrogen-bond acceptors (Lipinski definition) is 4. The first-order valence-electron chi connectivity index (χ1n) is 4.86. The lowest BCUT2D eigenvalue weighted by molar-refractivity contribution is -0.141. The first-order chi connectivity index (χ1) is 7.08. The topological polar surface area (TPSA) is 70.1 Å². The lowest BCUT2D eigenvalue weighted by Gasteiger charge is -2.09. The zero-order chi connectivity index (χ0) is 11.4. The van der Waals surface area contributed by atoms with Crippen LogP contribution in [0.2, 0.25) is 0 Å². The number of ether oxygens (including phenoxy) is 1. The summed E-state index contributed by atoms with van der Waals surface area (Å²) in [6, 6.07) is 1.94. The van der Waals surface area contributed by atoms with Gasteiger partial charge in [0.2, 0.25) is 0 Å². The van der Waals surface area contributed by atoms with E-state index in [0.717, 1.165) is 11.4 Å². The second-order valence-electron chi connectivity index (χ2n) is 3.55. The molecule has 2 N–H and O–H groups in total. The smallest absolute Gasteiger partial charge is 0.306 e. The van der Waals surface area contributed by atoms with Crippen LogP contribution in [0.15, 0.2) is 6.07 Å². The quantitative estimate of drug-likeness (QED) is 0.729. The summed E-state index contributed by atoms with van der Waals surface area (Å²) < 4.78 is 6.39. The van der Waals surface area contributed by atoms with E-state index in [2.05, 4.69) is 9.84 Å². The molecule has 84 valence electrons. The predicted molar refractivity (Wildman–Crippen MR) is 56.4 cm³/mol. The third kappa shape index (κ3) is 2.79. The van der Waals surface area contributed by atoms with Gasteiger partial charge in [-0.2, -0.15) is 5.10 Å². The van der Waals surface area contributed by atoms with E-state index in [1.54, 1.807) is 4.68 Å². The Bertz CT molecular complexity index is 327. The highest BCUT2D eigenvalue weighted by atomic mass is 16.5. The molecule has 0 aliphatic rings. The number of nitrogens with two attached hydrogens (primary N) is 1. The molecule has 15 heavy (non-hydrogen) atoms. The number of hydrogen-bond donors (Lipinski definition) is 1. The van der Waals surface area contributed by atoms with Crippen LogP contribution < -0.4 is 5.73 Å². The molecule has 1 heterocycles. The third-order valence-corrected chi connectivity index (χ3v) is 2.48. The molecule has 0 amide bonds. The van der Waals surface area contributed by atoms with E-state index < -0.39 is 0 Å². The SMILES string of the molecule is COC(=O)CC(CN)c1cc(C)n(C)n1. The molecule has 0 aromatic carbocycles. The summed E-state index contributed by atoms with van der Waals surface area (Å²) in [4.78, 5) is 11.1. The van der Waals surface area contributed by atoms with Crippen molar-refractivity contribution in [3.63, 3.8) is 0 Å². The molecule has 1 aromatic heterocycles. The highest BCUT2D eigenvalue weighted by Crippen LogP contribution is 2.18. The molecule has 0 saturated carbocycles. The van der Waals surface area contributed by atoms with Gasteiger partial charge in [-0.05, 0) is 13.0 Å². The molecule has 0 aliphatic carbocycles. The van der Waals surface area contributed by atoms with Gasteiger partial charge in [0.05, 0.1) is 19.2 Å². The number of nitrogens with zero attached hydrogens (tertiary/aromatic N) is 2. The van der Waals surface area contributed by atoms with E-state index in [0.29, 0.717) is 6.54 Å². The van der Waals surface area contributed by atoms with Gasteiger partial charge in [-0.3, -0.25) is 9.48 Å². The van der Waals surface area contributed by atoms with E-state index >= 15 is 0 Å². The molecule has 0 saturated heterocycles. The minimum Gasteiger partial charge on any atom is -0.469 e. The van der Waals surface area contributed by atoms with Crippen molar-refractivity contribution >= 4 is 5.97 Å². The van der Waals surface area contributed by atoms with Crippen LogP contribution in [0.1, 0.15) is 23.7 Å². The van der Waals surface area contributed by atoms with Crippen LogP contribution in [0.25, 0.3) is 0 Å². The monoisotopic (exact) mass is 211 g/mol. The minimum atomic E-state index is -0.256. The van der Waals surface area contributed by atoms with E-state index in [1.165, 1.54) is 7.11 Å². The largest absolute Gasteiger partial charge is 0.469 e. The molecular weight excluding hydrogens is 194 g/mol. The molecule has 0 aliphatic heterocycles. The summed E-state index contributed by atoms with van der Waals surface area (Å²) in [6.07, 6.45) is 0.281. The number of methoxy groups -OCH3 is 1. The second-order valence-corrected chi connectivity index (χ2v) is 3.55. The summed E-state index contributed by atoms with van der Waals surface area (Å²) in [7, 11) is 3.24. The standard InChI is InChI=1S/C10H17N3O2/c1-7-4-9(12-13(7)2)8(6-11)5-10(14)15-3/h4,8H,5-6,11H2,1-3H3. The van der Waals surface area contributed by atoms with Gasteiger partial charge >= 0.3 is 5.97 Å². The molecule has 1 aromatic rings. The van der Waals surface area contributed by atoms with Crippen molar-refractivity contribution in [2.75, 3.05) is 13.7 Å². The van der Waals surface area contributed by atoms with E-state index in [4.69, 9.17) is 5.73 Å². The maximum absolute atomic E-state index is 11.1. The molecule has 5 nitrogen and oxygen atoms in total. The van der Waals surface area contributed by atoms with Crippen molar-refractivity contribution in [2.24, 2.45) is 12.8 Å². The second kappa shape index (κ2) is 4.93. The van der Waals surface area contributed by atoms with Crippen LogP contribution >= 0.6 is 0 Å². The van der Waals surface area contributed by atoms with Crippen molar-refractivity contribution in [3.8, 4) is 0 Å². The zero-order valence-corrected chi connectivity index (χ0v) is 9.36. The number of aryl methyl sites for hydroxylation is 2. The average molecular weight is 211 g/mol. The first kappa shape index (κ1) is 11.7. The van der Waals surface area contributed by atoms with Crippen molar-refractivity contribution in [3.05, 3.63) is 17.5 Å². The van der Waals surface area contributed by atoms with Crippen LogP contribution in [0, 0.1) is 6.92 Å². The van der Waals surface area contributed by atoms with Crippen LogP contribution in [-0.4, -0.2) is 29.4 Å². The molecule has 1 unspecified atom stereocenters. The molecule has 1 rings (SSSR count). The number of carbonyl (C=O) groups is 1. The Balaban J connectivity index is 2.78. The zero-order valence-electron chi connectivity index (χ0n) is 9.36. The lowest BCUT2D eigenvalue weighted by Crippen LogP contribution is -2.18. The van der Waals surface area contributed by atoms with Gasteiger partial charge in [-0.25, -0.2) is 0 Å². The molecular formula is C10H17N3O2. The van der Waals surface area contributed by atoms with E-state index in [9.17, 15) is 4.79 Å².